The van der Waals surface area contributed by atoms with E-state index in [4.69, 9.17) is 14.2 Å². The van der Waals surface area contributed by atoms with Gasteiger partial charge < -0.3 is 14.2 Å². The van der Waals surface area contributed by atoms with Gasteiger partial charge in [0, 0.05) is 19.3 Å². The maximum absolute atomic E-state index is 12.9. The molecule has 0 aliphatic rings. The maximum atomic E-state index is 12.9. The zero-order valence-electron chi connectivity index (χ0n) is 49.5. The van der Waals surface area contributed by atoms with Gasteiger partial charge in [-0.05, 0) is 128 Å². The van der Waals surface area contributed by atoms with Crippen LogP contribution in [0.5, 0.6) is 0 Å². The van der Waals surface area contributed by atoms with E-state index in [0.717, 1.165) is 141 Å². The molecule has 0 radical (unpaired) electrons. The minimum atomic E-state index is -0.796. The third-order valence-corrected chi connectivity index (χ3v) is 13.2. The molecule has 0 heterocycles. The van der Waals surface area contributed by atoms with Crippen LogP contribution >= 0.6 is 0 Å². The van der Waals surface area contributed by atoms with Crippen molar-refractivity contribution < 1.29 is 28.6 Å². The van der Waals surface area contributed by atoms with Gasteiger partial charge >= 0.3 is 17.9 Å². The fourth-order valence-corrected chi connectivity index (χ4v) is 8.51. The van der Waals surface area contributed by atoms with Gasteiger partial charge in [0.15, 0.2) is 6.10 Å². The van der Waals surface area contributed by atoms with Crippen molar-refractivity contribution in [2.75, 3.05) is 13.2 Å². The van der Waals surface area contributed by atoms with Crippen LogP contribution in [0.4, 0.5) is 0 Å². The molecule has 432 valence electrons. The molecule has 1 atom stereocenters. The van der Waals surface area contributed by atoms with Gasteiger partial charge in [0.25, 0.3) is 0 Å². The summed E-state index contributed by atoms with van der Waals surface area (Å²) in [6.45, 7) is 6.39. The first-order valence-corrected chi connectivity index (χ1v) is 31.5. The molecule has 0 aliphatic heterocycles. The first-order chi connectivity index (χ1) is 37.5. The molecule has 0 aromatic rings. The quantitative estimate of drug-likeness (QED) is 0.0261. The van der Waals surface area contributed by atoms with E-state index in [-0.39, 0.29) is 31.1 Å². The van der Waals surface area contributed by atoms with Crippen molar-refractivity contribution in [3.8, 4) is 0 Å². The molecule has 0 aromatic carbocycles. The minimum absolute atomic E-state index is 0.0918. The Balaban J connectivity index is 4.39. The molecule has 0 rings (SSSR count). The highest BCUT2D eigenvalue weighted by atomic mass is 16.6. The number of carbonyl (C=O) groups is 3. The Kier molecular flexibility index (Phi) is 59.9. The van der Waals surface area contributed by atoms with Crippen molar-refractivity contribution in [2.45, 2.75) is 290 Å². The van der Waals surface area contributed by atoms with E-state index < -0.39 is 6.10 Å². The summed E-state index contributed by atoms with van der Waals surface area (Å²) in [7, 11) is 0. The molecule has 1 unspecified atom stereocenters. The normalized spacial score (nSPS) is 12.9. The summed E-state index contributed by atoms with van der Waals surface area (Å²) in [4.78, 5) is 38.3. The molecule has 0 fully saturated rings. The Labute approximate surface area is 469 Å². The van der Waals surface area contributed by atoms with Crippen LogP contribution in [0, 0.1) is 0 Å². The second-order valence-electron chi connectivity index (χ2n) is 20.5. The Morgan fingerprint density at radius 1 is 0.276 bits per heavy atom. The van der Waals surface area contributed by atoms with Crippen LogP contribution in [0.2, 0.25) is 0 Å². The fourth-order valence-electron chi connectivity index (χ4n) is 8.51. The van der Waals surface area contributed by atoms with E-state index in [9.17, 15) is 14.4 Å². The van der Waals surface area contributed by atoms with Crippen molar-refractivity contribution in [3.05, 3.63) is 122 Å². The standard InChI is InChI=1S/C70H116O6/c1-4-7-10-13-16-19-22-25-28-30-32-33-34-35-36-37-39-40-42-45-48-51-54-57-60-63-69(72)75-66-67(65-74-68(71)62-59-56-53-50-47-44-27-24-21-18-15-12-9-6-3)76-70(73)64-61-58-55-52-49-46-43-41-38-31-29-26-23-20-17-14-11-8-5-2/h7-8,10-11,16-17,19-20,24-29,32-33,35-36,38,41,67H,4-6,9,12-15,18,21-23,30-31,34,37,39-40,42-66H2,1-3H3/b10-7-,11-8-,19-16-,20-17-,27-24-,28-25-,29-26-,33-32-,36-35-,41-38-. The van der Waals surface area contributed by atoms with Crippen LogP contribution in [-0.4, -0.2) is 37.2 Å². The van der Waals surface area contributed by atoms with Gasteiger partial charge in [0.2, 0.25) is 0 Å². The van der Waals surface area contributed by atoms with Crippen LogP contribution in [0.1, 0.15) is 284 Å². The molecule has 0 amide bonds. The smallest absolute Gasteiger partial charge is 0.306 e. The summed E-state index contributed by atoms with van der Waals surface area (Å²) >= 11 is 0. The highest BCUT2D eigenvalue weighted by Gasteiger charge is 2.19. The molecule has 6 heteroatoms. The van der Waals surface area contributed by atoms with Crippen LogP contribution in [0.3, 0.4) is 0 Å². The van der Waals surface area contributed by atoms with Crippen molar-refractivity contribution >= 4 is 17.9 Å². The zero-order chi connectivity index (χ0) is 55.0. The SMILES string of the molecule is CC/C=C\C/C=C\C/C=C\C/C=C\C/C=C\CCCCCCCCCCCC(=O)OCC(COC(=O)CCCCCCC/C=C\CCCCCCC)OC(=O)CCCCCCCC/C=C\C/C=C\C/C=C\C/C=C\CC. The lowest BCUT2D eigenvalue weighted by Gasteiger charge is -2.18. The van der Waals surface area contributed by atoms with Crippen molar-refractivity contribution in [1.82, 2.24) is 0 Å². The summed E-state index contributed by atoms with van der Waals surface area (Å²) in [5.74, 6) is -0.916. The molecular weight excluding hydrogens is 937 g/mol. The number of hydrogen-bond acceptors (Lipinski definition) is 6. The third-order valence-electron chi connectivity index (χ3n) is 13.2. The lowest BCUT2D eigenvalue weighted by molar-refractivity contribution is -0.167. The average Bonchev–Trinajstić information content (AvgIpc) is 3.42. The Morgan fingerprint density at radius 2 is 0.513 bits per heavy atom. The molecule has 76 heavy (non-hydrogen) atoms. The summed E-state index contributed by atoms with van der Waals surface area (Å²) in [6.07, 6.45) is 87.6. The van der Waals surface area contributed by atoms with Crippen molar-refractivity contribution in [3.63, 3.8) is 0 Å². The first-order valence-electron chi connectivity index (χ1n) is 31.5. The highest BCUT2D eigenvalue weighted by molar-refractivity contribution is 5.71. The Morgan fingerprint density at radius 3 is 0.816 bits per heavy atom. The van der Waals surface area contributed by atoms with Crippen molar-refractivity contribution in [2.24, 2.45) is 0 Å². The summed E-state index contributed by atoms with van der Waals surface area (Å²) in [5, 5.41) is 0. The molecule has 0 aromatic heterocycles. The van der Waals surface area contributed by atoms with Gasteiger partial charge in [-0.1, -0.05) is 258 Å². The van der Waals surface area contributed by atoms with E-state index in [1.54, 1.807) is 0 Å². The molecule has 0 saturated carbocycles. The number of esters is 3. The molecule has 0 spiro atoms. The van der Waals surface area contributed by atoms with E-state index in [1.807, 2.05) is 0 Å². The molecule has 0 N–H and O–H groups in total. The molecule has 0 saturated heterocycles. The molecule has 0 bridgehead atoms. The van der Waals surface area contributed by atoms with E-state index in [1.165, 1.54) is 103 Å². The second kappa shape index (κ2) is 63.3. The average molecular weight is 1050 g/mol. The monoisotopic (exact) mass is 1050 g/mol. The van der Waals surface area contributed by atoms with Crippen LogP contribution in [-0.2, 0) is 28.6 Å². The largest absolute Gasteiger partial charge is 0.462 e. The lowest BCUT2D eigenvalue weighted by Crippen LogP contribution is -2.30. The van der Waals surface area contributed by atoms with Crippen LogP contribution in [0.25, 0.3) is 0 Å². The number of hydrogen-bond donors (Lipinski definition) is 0. The molecule has 6 nitrogen and oxygen atoms in total. The van der Waals surface area contributed by atoms with Gasteiger partial charge in [0.1, 0.15) is 13.2 Å². The molecule has 0 aliphatic carbocycles. The van der Waals surface area contributed by atoms with Gasteiger partial charge in [-0.15, -0.1) is 0 Å². The first kappa shape index (κ1) is 71.8. The lowest BCUT2D eigenvalue weighted by atomic mass is 10.1. The minimum Gasteiger partial charge on any atom is -0.462 e. The zero-order valence-corrected chi connectivity index (χ0v) is 49.5. The predicted octanol–water partition coefficient (Wildman–Crippen LogP) is 21.6. The third kappa shape index (κ3) is 60.7. The van der Waals surface area contributed by atoms with Gasteiger partial charge in [-0.3, -0.25) is 14.4 Å². The van der Waals surface area contributed by atoms with Gasteiger partial charge in [-0.25, -0.2) is 0 Å². The Hall–Kier alpha value is -4.19. The summed E-state index contributed by atoms with van der Waals surface area (Å²) in [5.41, 5.74) is 0. The number of unbranched alkanes of at least 4 members (excludes halogenated alkanes) is 25. The molecular formula is C70H116O6. The number of allylic oxidation sites excluding steroid dienone is 20. The highest BCUT2D eigenvalue weighted by Crippen LogP contribution is 2.15. The topological polar surface area (TPSA) is 78.9 Å². The summed E-state index contributed by atoms with van der Waals surface area (Å²) in [6, 6.07) is 0. The van der Waals surface area contributed by atoms with Gasteiger partial charge in [-0.2, -0.15) is 0 Å². The van der Waals surface area contributed by atoms with E-state index in [0.29, 0.717) is 19.3 Å². The maximum Gasteiger partial charge on any atom is 0.306 e. The summed E-state index contributed by atoms with van der Waals surface area (Å²) < 4.78 is 16.9. The van der Waals surface area contributed by atoms with E-state index >= 15 is 0 Å². The van der Waals surface area contributed by atoms with Crippen LogP contribution < -0.4 is 0 Å². The van der Waals surface area contributed by atoms with E-state index in [2.05, 4.69) is 142 Å². The number of rotatable bonds is 56. The fraction of sp³-hybridized carbons (Fsp3) is 0.671. The predicted molar refractivity (Wildman–Crippen MR) is 330 cm³/mol. The Bertz CT molecular complexity index is 1590. The number of ether oxygens (including phenoxy) is 3. The van der Waals surface area contributed by atoms with Gasteiger partial charge in [0.05, 0.1) is 0 Å². The van der Waals surface area contributed by atoms with Crippen LogP contribution in [0.15, 0.2) is 122 Å². The second-order valence-corrected chi connectivity index (χ2v) is 20.5. The number of carbonyl (C=O) groups excluding carboxylic acids is 3. The van der Waals surface area contributed by atoms with Crippen molar-refractivity contribution in [1.29, 1.82) is 0 Å².